The predicted octanol–water partition coefficient (Wildman–Crippen LogP) is 5.70. The monoisotopic (exact) mass is 478 g/mol. The summed E-state index contributed by atoms with van der Waals surface area (Å²) < 4.78 is 59.6. The van der Waals surface area contributed by atoms with Crippen LogP contribution in [0.1, 0.15) is 6.42 Å². The van der Waals surface area contributed by atoms with E-state index in [1.54, 1.807) is 0 Å². The molecule has 0 aromatic heterocycles. The van der Waals surface area contributed by atoms with Gasteiger partial charge in [0.1, 0.15) is 0 Å². The molecule has 0 saturated carbocycles. The van der Waals surface area contributed by atoms with Crippen LogP contribution in [0, 0.1) is 43.2 Å². The SMILES string of the molecule is [C-]1=CC=CC1.[CH3-].[CH3-].[CH3-].[CH3-].[CH3-].[F][Sb-]([F])([F])([F])([F])[F].[Rh]. The van der Waals surface area contributed by atoms with Crippen molar-refractivity contribution in [2.75, 3.05) is 0 Å². The smallest absolute Gasteiger partial charge is 0 e. The molecule has 0 spiro atoms. The number of halogens is 6. The average Bonchev–Trinajstić information content (AvgIpc) is 2.00. The molecule has 0 N–H and O–H groups in total. The van der Waals surface area contributed by atoms with Gasteiger partial charge in [-0.2, -0.15) is 6.08 Å². The summed E-state index contributed by atoms with van der Waals surface area (Å²) in [4.78, 5) is 0. The van der Waals surface area contributed by atoms with Crippen molar-refractivity contribution in [3.63, 3.8) is 0 Å². The number of rotatable bonds is 0. The summed E-state index contributed by atoms with van der Waals surface area (Å²) in [7, 11) is 0. The van der Waals surface area contributed by atoms with Crippen molar-refractivity contribution < 1.29 is 36.4 Å². The fraction of sp³-hybridized carbons (Fsp3) is 0.100. The van der Waals surface area contributed by atoms with Crippen LogP contribution in [0.5, 0.6) is 0 Å². The molecule has 8 heteroatoms. The Hall–Kier alpha value is 0.502. The third kappa shape index (κ3) is 131. The van der Waals surface area contributed by atoms with Crippen LogP contribution in [0.3, 0.4) is 0 Å². The van der Waals surface area contributed by atoms with Crippen molar-refractivity contribution in [2.45, 2.75) is 6.42 Å². The van der Waals surface area contributed by atoms with Crippen molar-refractivity contribution >= 4 is 19.5 Å². The zero-order valence-corrected chi connectivity index (χ0v) is 15.2. The van der Waals surface area contributed by atoms with Crippen LogP contribution in [0.15, 0.2) is 18.2 Å². The largest absolute Gasteiger partial charge is 0 e. The minimum atomic E-state index is -11.2. The minimum absolute atomic E-state index is 0. The molecule has 0 unspecified atom stereocenters. The molecule has 0 heterocycles. The summed E-state index contributed by atoms with van der Waals surface area (Å²) in [6.07, 6.45) is 10.0. The molecule has 1 radical (unpaired) electrons. The van der Waals surface area contributed by atoms with Gasteiger partial charge < -0.3 is 37.1 Å². The Balaban J connectivity index is -0.0000000205. The zero-order chi connectivity index (χ0) is 9.94. The average molecular weight is 479 g/mol. The molecule has 0 fully saturated rings. The maximum Gasteiger partial charge on any atom is 0 e. The standard InChI is InChI=1S/C5H5.5CH3.6FH.Rh.Sb/c1-2-4-5-3-1;;;;;;;;;;;;;/h1-3H,4H2;5*1H3;6*1H;;/q6*-1;;;;;;;;+5/p-6. The molecule has 0 aromatic carbocycles. The van der Waals surface area contributed by atoms with Gasteiger partial charge in [-0.1, -0.05) is 0 Å². The Morgan fingerprint density at radius 2 is 1.06 bits per heavy atom. The zero-order valence-electron chi connectivity index (χ0n) is 11.0. The van der Waals surface area contributed by atoms with Gasteiger partial charge in [-0.25, -0.2) is 12.2 Å². The van der Waals surface area contributed by atoms with E-state index in [4.69, 9.17) is 0 Å². The molecular weight excluding hydrogens is 459 g/mol. The molecule has 18 heavy (non-hydrogen) atoms. The Labute approximate surface area is 123 Å². The van der Waals surface area contributed by atoms with Crippen molar-refractivity contribution in [3.8, 4) is 0 Å². The molecule has 1 aliphatic carbocycles. The summed E-state index contributed by atoms with van der Waals surface area (Å²) in [6, 6.07) is 0. The van der Waals surface area contributed by atoms with Crippen LogP contribution in [-0.2, 0) is 19.5 Å². The van der Waals surface area contributed by atoms with E-state index in [-0.39, 0.29) is 56.6 Å². The van der Waals surface area contributed by atoms with E-state index >= 15 is 0 Å². The predicted molar refractivity (Wildman–Crippen MR) is 66.0 cm³/mol. The van der Waals surface area contributed by atoms with Gasteiger partial charge in [-0.05, 0) is 0 Å². The maximum atomic E-state index is 9.93. The van der Waals surface area contributed by atoms with E-state index in [9.17, 15) is 16.9 Å². The molecule has 0 bridgehead atoms. The van der Waals surface area contributed by atoms with E-state index in [2.05, 4.69) is 12.2 Å². The molecule has 1 aliphatic rings. The van der Waals surface area contributed by atoms with E-state index < -0.39 is 19.5 Å². The summed E-state index contributed by atoms with van der Waals surface area (Å²) in [5, 5.41) is 0. The van der Waals surface area contributed by atoms with E-state index in [1.807, 2.05) is 12.2 Å². The van der Waals surface area contributed by atoms with Crippen LogP contribution < -0.4 is 0 Å². The van der Waals surface area contributed by atoms with Crippen molar-refractivity contribution in [1.82, 2.24) is 0 Å². The van der Waals surface area contributed by atoms with Crippen LogP contribution in [0.25, 0.3) is 0 Å². The van der Waals surface area contributed by atoms with Crippen LogP contribution in [0.4, 0.5) is 16.9 Å². The van der Waals surface area contributed by atoms with Crippen molar-refractivity contribution in [1.29, 1.82) is 0 Å². The van der Waals surface area contributed by atoms with Gasteiger partial charge >= 0.3 is 36.4 Å². The molecule has 0 saturated heterocycles. The Bertz CT molecular complexity index is 194. The van der Waals surface area contributed by atoms with Crippen molar-refractivity contribution in [3.05, 3.63) is 61.4 Å². The fourth-order valence-corrected chi connectivity index (χ4v) is 0.340. The number of allylic oxidation sites excluding steroid dienone is 4. The first kappa shape index (κ1) is 42.8. The molecule has 0 atom stereocenters. The molecule has 0 aliphatic heterocycles. The number of hydrogen-bond acceptors (Lipinski definition) is 0. The van der Waals surface area contributed by atoms with E-state index in [0.29, 0.717) is 0 Å². The van der Waals surface area contributed by atoms with Crippen molar-refractivity contribution in [2.24, 2.45) is 0 Å². The first-order chi connectivity index (χ1) is 4.95. The second-order valence-electron chi connectivity index (χ2n) is 1.96. The summed E-state index contributed by atoms with van der Waals surface area (Å²) in [5.74, 6) is 0. The Morgan fingerprint density at radius 1 is 0.778 bits per heavy atom. The van der Waals surface area contributed by atoms with Crippen LogP contribution in [0.2, 0.25) is 0 Å². The van der Waals surface area contributed by atoms with Gasteiger partial charge in [0.2, 0.25) is 0 Å². The van der Waals surface area contributed by atoms with Gasteiger partial charge in [0.15, 0.2) is 0 Å². The molecule has 123 valence electrons. The van der Waals surface area contributed by atoms with E-state index in [0.717, 1.165) is 6.42 Å². The molecule has 0 amide bonds. The molecular formula is C10H20F6RhSb-7. The molecule has 0 nitrogen and oxygen atoms in total. The van der Waals surface area contributed by atoms with Gasteiger partial charge in [0, 0.05) is 19.5 Å². The van der Waals surface area contributed by atoms with Gasteiger partial charge in [0.25, 0.3) is 0 Å². The first-order valence-electron chi connectivity index (χ1n) is 2.73. The third-order valence-corrected chi connectivity index (χ3v) is 0.586. The maximum absolute atomic E-state index is 11.2. The molecule has 0 aromatic rings. The fourth-order valence-electron chi connectivity index (χ4n) is 0.340. The second kappa shape index (κ2) is 11.3. The van der Waals surface area contributed by atoms with E-state index in [1.165, 1.54) is 0 Å². The Kier molecular flexibility index (Phi) is 27.0. The third-order valence-electron chi connectivity index (χ3n) is 0.586. The molecule has 1 rings (SSSR count). The normalized spacial score (nSPS) is 13.9. The van der Waals surface area contributed by atoms with Gasteiger partial charge in [0.05, 0.1) is 0 Å². The van der Waals surface area contributed by atoms with Crippen LogP contribution in [-0.4, -0.2) is 19.5 Å². The van der Waals surface area contributed by atoms with Gasteiger partial charge in [-0.15, -0.1) is 6.42 Å². The summed E-state index contributed by atoms with van der Waals surface area (Å²) in [5.41, 5.74) is 0. The number of hydrogen-bond donors (Lipinski definition) is 0. The second-order valence-corrected chi connectivity index (χ2v) is 7.43. The minimum Gasteiger partial charge on any atom is 0 e. The van der Waals surface area contributed by atoms with Gasteiger partial charge in [-0.3, -0.25) is 6.08 Å². The summed E-state index contributed by atoms with van der Waals surface area (Å²) in [6.45, 7) is 0. The topological polar surface area (TPSA) is 0 Å². The summed E-state index contributed by atoms with van der Waals surface area (Å²) >= 11 is -11.2. The quantitative estimate of drug-likeness (QED) is 0.238. The Morgan fingerprint density at radius 3 is 1.11 bits per heavy atom. The van der Waals surface area contributed by atoms with Crippen LogP contribution >= 0.6 is 0 Å². The first-order valence-corrected chi connectivity index (χ1v) is 8.52.